The lowest BCUT2D eigenvalue weighted by Crippen LogP contribution is -2.45. The van der Waals surface area contributed by atoms with Crippen molar-refractivity contribution in [3.63, 3.8) is 0 Å². The van der Waals surface area contributed by atoms with E-state index in [4.69, 9.17) is 9.05 Å². The summed E-state index contributed by atoms with van der Waals surface area (Å²) in [5.74, 6) is -0.205. The van der Waals surface area contributed by atoms with Crippen LogP contribution in [-0.4, -0.2) is 68.5 Å². The van der Waals surface area contributed by atoms with Gasteiger partial charge in [-0.3, -0.25) is 9.36 Å². The average Bonchev–Trinajstić information content (AvgIpc) is 3.32. The third-order valence-electron chi connectivity index (χ3n) is 13.8. The minimum Gasteiger partial charge on any atom is -0.756 e. The van der Waals surface area contributed by atoms with Crippen molar-refractivity contribution in [3.8, 4) is 0 Å². The Hall–Kier alpha value is -1.28. The van der Waals surface area contributed by atoms with Gasteiger partial charge < -0.3 is 28.8 Å². The number of carbonyl (C=O) groups is 1. The summed E-state index contributed by atoms with van der Waals surface area (Å²) in [4.78, 5) is 25.5. The van der Waals surface area contributed by atoms with Gasteiger partial charge in [0.15, 0.2) is 0 Å². The largest absolute Gasteiger partial charge is 0.756 e. The maximum Gasteiger partial charge on any atom is 0.268 e. The number of hydrogen-bond donors (Lipinski definition) is 2. The van der Waals surface area contributed by atoms with E-state index in [1.165, 1.54) is 238 Å². The normalized spacial score (nSPS) is 14.1. The van der Waals surface area contributed by atoms with Crippen LogP contribution in [0.25, 0.3) is 0 Å². The first-order chi connectivity index (χ1) is 34.0. The van der Waals surface area contributed by atoms with Crippen LogP contribution in [0.4, 0.5) is 0 Å². The van der Waals surface area contributed by atoms with Gasteiger partial charge in [0.05, 0.1) is 39.9 Å². The van der Waals surface area contributed by atoms with Crippen molar-refractivity contribution in [2.75, 3.05) is 40.9 Å². The standard InChI is InChI=1S/C61H119N2O6P/c1-6-8-10-12-14-16-18-20-22-24-26-28-30-31-33-35-37-39-41-43-45-47-49-51-53-55-61(65)62-59(58-69-70(66,67)68-57-56-63(3,4)5)60(64)54-52-50-48-46-44-42-40-38-36-34-32-29-27-25-23-21-19-17-15-13-11-9-7-2/h31,33,44,46,52,54,59-60,64H,6-30,32,34-43,45,47-51,53,55-58H2,1-5H3,(H-,62,65,66,67)/b33-31-,46-44+,54-52+. The number of rotatable bonds is 56. The summed E-state index contributed by atoms with van der Waals surface area (Å²) in [6.07, 6.45) is 68.1. The number of likely N-dealkylation sites (N-methyl/N-ethyl adjacent to an activating group) is 1. The highest BCUT2D eigenvalue weighted by molar-refractivity contribution is 7.45. The molecule has 0 heterocycles. The number of unbranched alkanes of at least 4 members (excludes halogenated alkanes) is 39. The SMILES string of the molecule is CCCCCCCCCCCCCC/C=C\CCCCCCCCCCCC(=O)NC(COP(=O)([O-])OCC[N+](C)(C)C)C(O)/C=C/CC/C=C/CCCCCCCCCCCCCCCCCCC. The van der Waals surface area contributed by atoms with Gasteiger partial charge in [-0.1, -0.05) is 269 Å². The van der Waals surface area contributed by atoms with Crippen molar-refractivity contribution < 1.29 is 32.9 Å². The van der Waals surface area contributed by atoms with Crippen LogP contribution >= 0.6 is 7.82 Å². The fourth-order valence-corrected chi connectivity index (χ4v) is 9.77. The molecule has 0 saturated heterocycles. The lowest BCUT2D eigenvalue weighted by atomic mass is 10.0. The zero-order valence-corrected chi connectivity index (χ0v) is 48.1. The number of amides is 1. The molecule has 2 N–H and O–H groups in total. The number of phosphoric acid groups is 1. The molecule has 0 aromatic heterocycles. The van der Waals surface area contributed by atoms with Gasteiger partial charge in [-0.25, -0.2) is 0 Å². The van der Waals surface area contributed by atoms with E-state index >= 15 is 0 Å². The zero-order chi connectivity index (χ0) is 51.3. The number of quaternary nitrogens is 1. The predicted molar refractivity (Wildman–Crippen MR) is 302 cm³/mol. The van der Waals surface area contributed by atoms with Crippen LogP contribution in [0.3, 0.4) is 0 Å². The highest BCUT2D eigenvalue weighted by Crippen LogP contribution is 2.38. The third kappa shape index (κ3) is 54.5. The maximum atomic E-state index is 13.0. The first kappa shape index (κ1) is 68.7. The van der Waals surface area contributed by atoms with Crippen LogP contribution in [0.1, 0.15) is 296 Å². The number of nitrogens with one attached hydrogen (secondary N) is 1. The molecule has 3 unspecified atom stereocenters. The van der Waals surface area contributed by atoms with Crippen molar-refractivity contribution in [1.29, 1.82) is 0 Å². The Morgan fingerprint density at radius 1 is 0.486 bits per heavy atom. The molecule has 70 heavy (non-hydrogen) atoms. The summed E-state index contributed by atoms with van der Waals surface area (Å²) < 4.78 is 23.4. The molecule has 0 bridgehead atoms. The van der Waals surface area contributed by atoms with Crippen LogP contribution < -0.4 is 10.2 Å². The molecule has 8 nitrogen and oxygen atoms in total. The van der Waals surface area contributed by atoms with Crippen molar-refractivity contribution in [1.82, 2.24) is 5.32 Å². The van der Waals surface area contributed by atoms with E-state index in [0.717, 1.165) is 38.5 Å². The maximum absolute atomic E-state index is 13.0. The van der Waals surface area contributed by atoms with E-state index in [0.29, 0.717) is 17.4 Å². The van der Waals surface area contributed by atoms with Crippen molar-refractivity contribution in [3.05, 3.63) is 36.5 Å². The fraction of sp³-hybridized carbons (Fsp3) is 0.885. The van der Waals surface area contributed by atoms with Crippen LogP contribution in [0.2, 0.25) is 0 Å². The topological polar surface area (TPSA) is 108 Å². The van der Waals surface area contributed by atoms with Gasteiger partial charge in [-0.2, -0.15) is 0 Å². The number of carbonyl (C=O) groups excluding carboxylic acids is 1. The highest BCUT2D eigenvalue weighted by Gasteiger charge is 2.23. The zero-order valence-electron chi connectivity index (χ0n) is 47.2. The van der Waals surface area contributed by atoms with E-state index in [2.05, 4.69) is 43.5 Å². The predicted octanol–water partition coefficient (Wildman–Crippen LogP) is 17.9. The summed E-state index contributed by atoms with van der Waals surface area (Å²) in [6.45, 7) is 4.67. The third-order valence-corrected chi connectivity index (χ3v) is 14.8. The number of aliphatic hydroxyl groups is 1. The van der Waals surface area contributed by atoms with Crippen LogP contribution in [0.15, 0.2) is 36.5 Å². The summed E-state index contributed by atoms with van der Waals surface area (Å²) in [7, 11) is 1.25. The Bertz CT molecular complexity index is 1230. The monoisotopic (exact) mass is 1010 g/mol. The summed E-state index contributed by atoms with van der Waals surface area (Å²) in [5, 5.41) is 13.9. The minimum absolute atomic E-state index is 0.00598. The van der Waals surface area contributed by atoms with Gasteiger partial charge in [0.25, 0.3) is 7.82 Å². The molecule has 0 fully saturated rings. The molecule has 414 valence electrons. The van der Waals surface area contributed by atoms with Crippen LogP contribution in [0, 0.1) is 0 Å². The number of nitrogens with zero attached hydrogens (tertiary/aromatic N) is 1. The van der Waals surface area contributed by atoms with Crippen molar-refractivity contribution in [2.45, 2.75) is 309 Å². The fourth-order valence-electron chi connectivity index (χ4n) is 9.05. The smallest absolute Gasteiger partial charge is 0.268 e. The first-order valence-corrected chi connectivity index (χ1v) is 31.8. The van der Waals surface area contributed by atoms with Gasteiger partial charge in [-0.05, 0) is 57.8 Å². The highest BCUT2D eigenvalue weighted by atomic mass is 31.2. The molecule has 0 saturated carbocycles. The average molecular weight is 1010 g/mol. The van der Waals surface area contributed by atoms with Gasteiger partial charge in [0, 0.05) is 6.42 Å². The Morgan fingerprint density at radius 3 is 1.16 bits per heavy atom. The van der Waals surface area contributed by atoms with Crippen LogP contribution in [0.5, 0.6) is 0 Å². The minimum atomic E-state index is -4.61. The summed E-state index contributed by atoms with van der Waals surface area (Å²) >= 11 is 0. The number of allylic oxidation sites excluding steroid dienone is 5. The molecule has 0 aromatic rings. The van der Waals surface area contributed by atoms with Gasteiger partial charge in [-0.15, -0.1) is 0 Å². The Kier molecular flexibility index (Phi) is 51.6. The lowest BCUT2D eigenvalue weighted by molar-refractivity contribution is -0.870. The van der Waals surface area contributed by atoms with E-state index < -0.39 is 26.6 Å². The number of aliphatic hydroxyl groups excluding tert-OH is 1. The van der Waals surface area contributed by atoms with E-state index in [9.17, 15) is 19.4 Å². The lowest BCUT2D eigenvalue weighted by Gasteiger charge is -2.29. The Morgan fingerprint density at radius 2 is 0.800 bits per heavy atom. The van der Waals surface area contributed by atoms with Gasteiger partial charge in [0.2, 0.25) is 5.91 Å². The van der Waals surface area contributed by atoms with E-state index in [-0.39, 0.29) is 12.5 Å². The molecule has 0 aromatic carbocycles. The summed E-state index contributed by atoms with van der Waals surface area (Å²) in [6, 6.07) is -0.905. The Labute approximate surface area is 436 Å². The van der Waals surface area contributed by atoms with Crippen molar-refractivity contribution in [2.24, 2.45) is 0 Å². The number of hydrogen-bond acceptors (Lipinski definition) is 6. The molecule has 0 rings (SSSR count). The molecule has 3 atom stereocenters. The van der Waals surface area contributed by atoms with E-state index in [1.807, 2.05) is 27.2 Å². The van der Waals surface area contributed by atoms with Crippen LogP contribution in [-0.2, 0) is 18.4 Å². The molecule has 0 aliphatic heterocycles. The Balaban J connectivity index is 4.21. The molecule has 9 heteroatoms. The molecule has 0 spiro atoms. The molecular formula is C61H119N2O6P. The summed E-state index contributed by atoms with van der Waals surface area (Å²) in [5.41, 5.74) is 0. The second-order valence-electron chi connectivity index (χ2n) is 22.0. The number of phosphoric ester groups is 1. The molecular weight excluding hydrogens is 888 g/mol. The second kappa shape index (κ2) is 52.6. The molecule has 0 aliphatic rings. The molecule has 1 amide bonds. The van der Waals surface area contributed by atoms with Crippen molar-refractivity contribution >= 4 is 13.7 Å². The first-order valence-electron chi connectivity index (χ1n) is 30.4. The van der Waals surface area contributed by atoms with E-state index in [1.54, 1.807) is 6.08 Å². The second-order valence-corrected chi connectivity index (χ2v) is 23.5. The molecule has 0 radical (unpaired) electrons. The van der Waals surface area contributed by atoms with Gasteiger partial charge >= 0.3 is 0 Å². The quantitative estimate of drug-likeness (QED) is 0.0272. The molecule has 0 aliphatic carbocycles. The van der Waals surface area contributed by atoms with Gasteiger partial charge in [0.1, 0.15) is 13.2 Å².